The van der Waals surface area contributed by atoms with E-state index in [-0.39, 0.29) is 12.2 Å². The molecule has 14 heavy (non-hydrogen) atoms. The third kappa shape index (κ3) is 2.94. The maximum atomic E-state index is 5.27. The molecule has 0 N–H and O–H groups in total. The van der Waals surface area contributed by atoms with Gasteiger partial charge in [0.1, 0.15) is 12.2 Å². The predicted molar refractivity (Wildman–Crippen MR) is 62.8 cm³/mol. The van der Waals surface area contributed by atoms with Crippen LogP contribution in [0, 0.1) is 0 Å². The zero-order valence-electron chi connectivity index (χ0n) is 7.11. The highest BCUT2D eigenvalue weighted by Crippen LogP contribution is 2.27. The summed E-state index contributed by atoms with van der Waals surface area (Å²) in [7, 11) is 4.30. The van der Waals surface area contributed by atoms with Crippen LogP contribution in [0.4, 0.5) is 0 Å². The van der Waals surface area contributed by atoms with Gasteiger partial charge in [-0.15, -0.1) is 0 Å². The van der Waals surface area contributed by atoms with E-state index in [9.17, 15) is 0 Å². The molecular formula is C5H12O5P2S2. The van der Waals surface area contributed by atoms with Gasteiger partial charge in [-0.3, -0.25) is 4.18 Å². The summed E-state index contributed by atoms with van der Waals surface area (Å²) in [4.78, 5) is 0. The maximum Gasteiger partial charge on any atom is 0.200 e. The SMILES string of the molecule is POC1[C@@H](OS)C(OS)OC[C@H]1OP. The molecule has 0 aromatic rings. The van der Waals surface area contributed by atoms with E-state index in [2.05, 4.69) is 44.8 Å². The minimum Gasteiger partial charge on any atom is -0.357 e. The lowest BCUT2D eigenvalue weighted by atomic mass is 10.1. The third-order valence-electron chi connectivity index (χ3n) is 1.94. The highest BCUT2D eigenvalue weighted by atomic mass is 32.1. The van der Waals surface area contributed by atoms with Crippen LogP contribution in [0.25, 0.3) is 0 Å². The van der Waals surface area contributed by atoms with Crippen LogP contribution in [0.5, 0.6) is 0 Å². The smallest absolute Gasteiger partial charge is 0.200 e. The summed E-state index contributed by atoms with van der Waals surface area (Å²) in [5, 5.41) is 0. The van der Waals surface area contributed by atoms with Crippen molar-refractivity contribution in [2.24, 2.45) is 0 Å². The van der Waals surface area contributed by atoms with E-state index < -0.39 is 12.4 Å². The minimum absolute atomic E-state index is 0.255. The molecule has 0 spiro atoms. The Morgan fingerprint density at radius 1 is 1.07 bits per heavy atom. The molecule has 5 nitrogen and oxygen atoms in total. The first-order valence-corrected chi connectivity index (χ1v) is 5.39. The van der Waals surface area contributed by atoms with Gasteiger partial charge in [0.15, 0.2) is 12.4 Å². The summed E-state index contributed by atoms with van der Waals surface area (Å²) < 4.78 is 25.1. The number of hydrogen-bond acceptors (Lipinski definition) is 7. The highest BCUT2D eigenvalue weighted by Gasteiger charge is 2.42. The van der Waals surface area contributed by atoms with Crippen molar-refractivity contribution in [1.29, 1.82) is 0 Å². The molecule has 4 unspecified atom stereocenters. The Morgan fingerprint density at radius 3 is 2.21 bits per heavy atom. The van der Waals surface area contributed by atoms with E-state index in [0.717, 1.165) is 0 Å². The molecule has 84 valence electrons. The molecule has 0 radical (unpaired) electrons. The van der Waals surface area contributed by atoms with Crippen LogP contribution in [-0.4, -0.2) is 31.2 Å². The minimum atomic E-state index is -0.627. The molecule has 0 aromatic carbocycles. The Labute approximate surface area is 98.3 Å². The van der Waals surface area contributed by atoms with Crippen molar-refractivity contribution < 1.29 is 22.2 Å². The lowest BCUT2D eigenvalue weighted by Gasteiger charge is -2.38. The van der Waals surface area contributed by atoms with Crippen molar-refractivity contribution in [3.8, 4) is 0 Å². The van der Waals surface area contributed by atoms with Crippen molar-refractivity contribution >= 4 is 44.8 Å². The van der Waals surface area contributed by atoms with Gasteiger partial charge in [-0.2, -0.15) is 0 Å². The molecule has 1 rings (SSSR count). The van der Waals surface area contributed by atoms with E-state index in [1.165, 1.54) is 0 Å². The van der Waals surface area contributed by atoms with Crippen molar-refractivity contribution in [3.63, 3.8) is 0 Å². The first kappa shape index (κ1) is 13.4. The summed E-state index contributed by atoms with van der Waals surface area (Å²) in [6.07, 6.45) is -1.74. The molecule has 1 aliphatic heterocycles. The Kier molecular flexibility index (Phi) is 6.56. The van der Waals surface area contributed by atoms with E-state index in [0.29, 0.717) is 6.61 Å². The van der Waals surface area contributed by atoms with Crippen molar-refractivity contribution in [3.05, 3.63) is 0 Å². The van der Waals surface area contributed by atoms with Crippen LogP contribution < -0.4 is 0 Å². The lowest BCUT2D eigenvalue weighted by molar-refractivity contribution is -0.211. The van der Waals surface area contributed by atoms with Gasteiger partial charge in [0.2, 0.25) is 0 Å². The van der Waals surface area contributed by atoms with Crippen LogP contribution in [0.15, 0.2) is 0 Å². The van der Waals surface area contributed by atoms with Gasteiger partial charge in [0.05, 0.1) is 6.61 Å². The number of hydrogen-bond donors (Lipinski definition) is 2. The predicted octanol–water partition coefficient (Wildman–Crippen LogP) is 0.785. The van der Waals surface area contributed by atoms with Gasteiger partial charge < -0.3 is 18.0 Å². The first-order chi connectivity index (χ1) is 6.78. The Balaban J connectivity index is 2.67. The summed E-state index contributed by atoms with van der Waals surface area (Å²) >= 11 is 7.39. The van der Waals surface area contributed by atoms with Gasteiger partial charge >= 0.3 is 0 Å². The van der Waals surface area contributed by atoms with E-state index in [1.54, 1.807) is 0 Å². The largest absolute Gasteiger partial charge is 0.357 e. The topological polar surface area (TPSA) is 46.2 Å². The molecule has 0 aliphatic carbocycles. The molecule has 6 atom stereocenters. The Hall–Kier alpha value is 1.36. The average molecular weight is 278 g/mol. The van der Waals surface area contributed by atoms with Crippen LogP contribution in [0.2, 0.25) is 0 Å². The molecule has 1 aliphatic rings. The van der Waals surface area contributed by atoms with E-state index in [4.69, 9.17) is 22.2 Å². The number of thiol groups is 2. The van der Waals surface area contributed by atoms with Crippen LogP contribution in [-0.2, 0) is 22.2 Å². The van der Waals surface area contributed by atoms with E-state index >= 15 is 0 Å². The zero-order valence-corrected chi connectivity index (χ0v) is 11.2. The fourth-order valence-electron chi connectivity index (χ4n) is 1.23. The summed E-state index contributed by atoms with van der Waals surface area (Å²) in [5.41, 5.74) is 0. The molecule has 0 saturated carbocycles. The average Bonchev–Trinajstić information content (AvgIpc) is 2.26. The first-order valence-electron chi connectivity index (χ1n) is 3.71. The second-order valence-corrected chi connectivity index (χ2v) is 3.62. The summed E-state index contributed by atoms with van der Waals surface area (Å²) in [6, 6.07) is 0. The normalized spacial score (nSPS) is 38.6. The summed E-state index contributed by atoms with van der Waals surface area (Å²) in [5.74, 6) is 0. The number of rotatable bonds is 4. The standard InChI is InChI=1S/C5H12O5P2S2/c11-7-2-1-6-5(10-14)4(9-13)3(2)8-12/h2-5,13-14H,1,11-12H2/t2-,3?,4-,5?/m1/s1. The van der Waals surface area contributed by atoms with Crippen LogP contribution >= 0.6 is 44.8 Å². The lowest BCUT2D eigenvalue weighted by Crippen LogP contribution is -2.53. The van der Waals surface area contributed by atoms with Crippen molar-refractivity contribution in [2.45, 2.75) is 24.6 Å². The molecule has 0 amide bonds. The molecule has 0 bridgehead atoms. The second kappa shape index (κ2) is 6.84. The van der Waals surface area contributed by atoms with Crippen LogP contribution in [0.1, 0.15) is 0 Å². The monoisotopic (exact) mass is 278 g/mol. The number of ether oxygens (including phenoxy) is 1. The maximum absolute atomic E-state index is 5.27. The summed E-state index contributed by atoms with van der Waals surface area (Å²) in [6.45, 7) is 0.335. The molecule has 1 saturated heterocycles. The molecule has 9 heteroatoms. The van der Waals surface area contributed by atoms with Crippen molar-refractivity contribution in [1.82, 2.24) is 0 Å². The van der Waals surface area contributed by atoms with Crippen LogP contribution in [0.3, 0.4) is 0 Å². The molecule has 1 heterocycles. The van der Waals surface area contributed by atoms with Gasteiger partial charge in [-0.25, -0.2) is 0 Å². The second-order valence-electron chi connectivity index (χ2n) is 2.65. The fourth-order valence-corrected chi connectivity index (χ4v) is 2.19. The molecule has 0 aromatic heterocycles. The van der Waals surface area contributed by atoms with Gasteiger partial charge in [0, 0.05) is 18.9 Å². The quantitative estimate of drug-likeness (QED) is 0.452. The van der Waals surface area contributed by atoms with Gasteiger partial charge in [0.25, 0.3) is 0 Å². The zero-order chi connectivity index (χ0) is 10.6. The van der Waals surface area contributed by atoms with Gasteiger partial charge in [-0.1, -0.05) is 0 Å². The van der Waals surface area contributed by atoms with Crippen molar-refractivity contribution in [2.75, 3.05) is 6.61 Å². The molecular weight excluding hydrogens is 266 g/mol. The third-order valence-corrected chi connectivity index (χ3v) is 3.06. The van der Waals surface area contributed by atoms with E-state index in [1.807, 2.05) is 0 Å². The fraction of sp³-hybridized carbons (Fsp3) is 1.00. The highest BCUT2D eigenvalue weighted by molar-refractivity contribution is 7.75. The van der Waals surface area contributed by atoms with Gasteiger partial charge in [-0.05, 0) is 25.8 Å². The Bertz CT molecular complexity index is 158. The Morgan fingerprint density at radius 2 is 1.79 bits per heavy atom. The molecule has 1 fully saturated rings.